The molecule has 0 radical (unpaired) electrons. The minimum atomic E-state index is -0.920. The van der Waals surface area contributed by atoms with Gasteiger partial charge in [-0.25, -0.2) is 4.79 Å². The number of nitrogens with one attached hydrogen (secondary N) is 2. The van der Waals surface area contributed by atoms with Crippen molar-refractivity contribution >= 4 is 18.0 Å². The van der Waals surface area contributed by atoms with E-state index in [-0.39, 0.29) is 49.3 Å². The van der Waals surface area contributed by atoms with E-state index in [1.807, 2.05) is 31.2 Å². The zero-order valence-electron chi connectivity index (χ0n) is 18.8. The minimum absolute atomic E-state index is 0.0261. The second kappa shape index (κ2) is 10.1. The van der Waals surface area contributed by atoms with Crippen LogP contribution in [0.25, 0.3) is 11.1 Å². The highest BCUT2D eigenvalue weighted by atomic mass is 16.5. The van der Waals surface area contributed by atoms with Crippen LogP contribution in [0.2, 0.25) is 0 Å². The first-order valence-corrected chi connectivity index (χ1v) is 11.6. The van der Waals surface area contributed by atoms with Crippen molar-refractivity contribution in [1.29, 1.82) is 0 Å². The molecule has 1 saturated carbocycles. The Morgan fingerprint density at radius 2 is 1.58 bits per heavy atom. The first-order valence-electron chi connectivity index (χ1n) is 11.6. The highest BCUT2D eigenvalue weighted by molar-refractivity contribution is 5.80. The average Bonchev–Trinajstić information content (AvgIpc) is 3.59. The molecule has 174 valence electrons. The number of carboxylic acids is 1. The topological polar surface area (TPSA) is 105 Å². The summed E-state index contributed by atoms with van der Waals surface area (Å²) >= 11 is 0. The molecule has 0 aliphatic heterocycles. The first-order chi connectivity index (χ1) is 16.0. The van der Waals surface area contributed by atoms with E-state index in [1.165, 1.54) is 0 Å². The number of carbonyl (C=O) groups is 3. The van der Waals surface area contributed by atoms with E-state index in [2.05, 4.69) is 34.9 Å². The third-order valence-electron chi connectivity index (χ3n) is 6.52. The van der Waals surface area contributed by atoms with Crippen molar-refractivity contribution < 1.29 is 24.2 Å². The van der Waals surface area contributed by atoms with Gasteiger partial charge in [0.15, 0.2) is 0 Å². The molecule has 3 N–H and O–H groups in total. The van der Waals surface area contributed by atoms with E-state index < -0.39 is 12.1 Å². The Morgan fingerprint density at radius 1 is 0.970 bits per heavy atom. The molecule has 7 heteroatoms. The standard InChI is InChI=1S/C26H30N2O5/c1-2-17(13-24(29)28-23(14-25(30)31)16-11-12-16)27-26(32)33-15-22-20-9-5-3-7-18(20)19-8-4-6-10-21(19)22/h3-10,16-17,22-23H,2,11-15H2,1H3,(H,27,32)(H,28,29)(H,30,31)/t17-,23?/m0/s1. The molecule has 33 heavy (non-hydrogen) atoms. The summed E-state index contributed by atoms with van der Waals surface area (Å²) in [5.74, 6) is -0.961. The molecule has 0 saturated heterocycles. The molecule has 0 spiro atoms. The van der Waals surface area contributed by atoms with E-state index in [0.717, 1.165) is 35.1 Å². The quantitative estimate of drug-likeness (QED) is 0.506. The second-order valence-electron chi connectivity index (χ2n) is 8.89. The zero-order chi connectivity index (χ0) is 23.4. The first kappa shape index (κ1) is 22.8. The zero-order valence-corrected chi connectivity index (χ0v) is 18.8. The predicted molar refractivity (Wildman–Crippen MR) is 124 cm³/mol. The largest absolute Gasteiger partial charge is 0.481 e. The van der Waals surface area contributed by atoms with Crippen molar-refractivity contribution in [3.8, 4) is 11.1 Å². The number of ether oxygens (including phenoxy) is 1. The van der Waals surface area contributed by atoms with E-state index in [1.54, 1.807) is 0 Å². The van der Waals surface area contributed by atoms with Gasteiger partial charge in [-0.3, -0.25) is 9.59 Å². The molecule has 2 aromatic rings. The van der Waals surface area contributed by atoms with Crippen molar-refractivity contribution in [2.24, 2.45) is 5.92 Å². The number of aliphatic carboxylic acids is 1. The molecular formula is C26H30N2O5. The Bertz CT molecular complexity index is 987. The smallest absolute Gasteiger partial charge is 0.407 e. The lowest BCUT2D eigenvalue weighted by Gasteiger charge is -2.21. The summed E-state index contributed by atoms with van der Waals surface area (Å²) in [7, 11) is 0. The number of fused-ring (bicyclic) bond motifs is 3. The van der Waals surface area contributed by atoms with Crippen molar-refractivity contribution in [3.63, 3.8) is 0 Å². The van der Waals surface area contributed by atoms with Gasteiger partial charge in [0.1, 0.15) is 6.61 Å². The van der Waals surface area contributed by atoms with Gasteiger partial charge in [0.25, 0.3) is 0 Å². The molecule has 2 aliphatic carbocycles. The van der Waals surface area contributed by atoms with Crippen LogP contribution in [0.5, 0.6) is 0 Å². The van der Waals surface area contributed by atoms with Crippen LogP contribution < -0.4 is 10.6 Å². The van der Waals surface area contributed by atoms with Gasteiger partial charge in [-0.2, -0.15) is 0 Å². The molecule has 1 unspecified atom stereocenters. The van der Waals surface area contributed by atoms with Crippen LogP contribution in [0, 0.1) is 5.92 Å². The maximum absolute atomic E-state index is 12.5. The summed E-state index contributed by atoms with van der Waals surface area (Å²) in [6, 6.07) is 15.6. The molecule has 2 atom stereocenters. The molecular weight excluding hydrogens is 420 g/mol. The highest BCUT2D eigenvalue weighted by Crippen LogP contribution is 2.44. The molecule has 0 bridgehead atoms. The van der Waals surface area contributed by atoms with Crippen LogP contribution in [-0.2, 0) is 14.3 Å². The molecule has 2 amide bonds. The van der Waals surface area contributed by atoms with E-state index in [9.17, 15) is 14.4 Å². The summed E-state index contributed by atoms with van der Waals surface area (Å²) in [4.78, 5) is 36.0. The van der Waals surface area contributed by atoms with Crippen molar-refractivity contribution in [3.05, 3.63) is 59.7 Å². The Kier molecular flexibility index (Phi) is 6.96. The van der Waals surface area contributed by atoms with Gasteiger partial charge in [-0.15, -0.1) is 0 Å². The Labute approximate surface area is 193 Å². The van der Waals surface area contributed by atoms with Gasteiger partial charge in [0, 0.05) is 24.4 Å². The maximum atomic E-state index is 12.5. The van der Waals surface area contributed by atoms with Gasteiger partial charge in [-0.05, 0) is 47.4 Å². The number of benzene rings is 2. The van der Waals surface area contributed by atoms with Crippen LogP contribution >= 0.6 is 0 Å². The molecule has 7 nitrogen and oxygen atoms in total. The van der Waals surface area contributed by atoms with Gasteiger partial charge in [0.2, 0.25) is 5.91 Å². The Hall–Kier alpha value is -3.35. The van der Waals surface area contributed by atoms with E-state index in [0.29, 0.717) is 6.42 Å². The van der Waals surface area contributed by atoms with Crippen molar-refractivity contribution in [1.82, 2.24) is 10.6 Å². The Balaban J connectivity index is 1.31. The molecule has 4 rings (SSSR count). The number of carbonyl (C=O) groups excluding carboxylic acids is 2. The lowest BCUT2D eigenvalue weighted by molar-refractivity contribution is -0.137. The minimum Gasteiger partial charge on any atom is -0.481 e. The van der Waals surface area contributed by atoms with Crippen LogP contribution in [-0.4, -0.2) is 41.8 Å². The number of amides is 2. The average molecular weight is 451 g/mol. The molecule has 2 aliphatic rings. The van der Waals surface area contributed by atoms with E-state index in [4.69, 9.17) is 9.84 Å². The summed E-state index contributed by atoms with van der Waals surface area (Å²) in [6.45, 7) is 2.10. The summed E-state index contributed by atoms with van der Waals surface area (Å²) < 4.78 is 5.58. The molecule has 1 fully saturated rings. The van der Waals surface area contributed by atoms with Crippen molar-refractivity contribution in [2.75, 3.05) is 6.61 Å². The lowest BCUT2D eigenvalue weighted by Crippen LogP contribution is -2.43. The van der Waals surface area contributed by atoms with Crippen LogP contribution in [0.1, 0.15) is 56.1 Å². The van der Waals surface area contributed by atoms with Gasteiger partial charge in [0.05, 0.1) is 6.42 Å². The summed E-state index contributed by atoms with van der Waals surface area (Å²) in [6.07, 6.45) is 1.89. The third kappa shape index (κ3) is 5.53. The van der Waals surface area contributed by atoms with Gasteiger partial charge in [-0.1, -0.05) is 55.5 Å². The molecule has 0 aromatic heterocycles. The Morgan fingerprint density at radius 3 is 2.12 bits per heavy atom. The summed E-state index contributed by atoms with van der Waals surface area (Å²) in [5.41, 5.74) is 4.61. The van der Waals surface area contributed by atoms with Crippen molar-refractivity contribution in [2.45, 2.75) is 57.0 Å². The van der Waals surface area contributed by atoms with Crippen LogP contribution in [0.4, 0.5) is 4.79 Å². The fourth-order valence-electron chi connectivity index (χ4n) is 4.62. The van der Waals surface area contributed by atoms with Crippen LogP contribution in [0.3, 0.4) is 0 Å². The molecule has 2 aromatic carbocycles. The SMILES string of the molecule is CC[C@@H](CC(=O)NC(CC(=O)O)C1CC1)NC(=O)OCC1c2ccccc2-c2ccccc21. The number of hydrogen-bond donors (Lipinski definition) is 3. The van der Waals surface area contributed by atoms with E-state index >= 15 is 0 Å². The fraction of sp³-hybridized carbons (Fsp3) is 0.423. The predicted octanol–water partition coefficient (Wildman–Crippen LogP) is 4.06. The van der Waals surface area contributed by atoms with Gasteiger partial charge < -0.3 is 20.5 Å². The molecule has 0 heterocycles. The monoisotopic (exact) mass is 450 g/mol. The highest BCUT2D eigenvalue weighted by Gasteiger charge is 2.34. The fourth-order valence-corrected chi connectivity index (χ4v) is 4.62. The summed E-state index contributed by atoms with van der Waals surface area (Å²) in [5, 5.41) is 14.7. The number of carboxylic acid groups (broad SMARTS) is 1. The number of rotatable bonds is 10. The van der Waals surface area contributed by atoms with Gasteiger partial charge >= 0.3 is 12.1 Å². The number of hydrogen-bond acceptors (Lipinski definition) is 4. The number of alkyl carbamates (subject to hydrolysis) is 1. The third-order valence-corrected chi connectivity index (χ3v) is 6.52. The van der Waals surface area contributed by atoms with Crippen LogP contribution in [0.15, 0.2) is 48.5 Å². The second-order valence-corrected chi connectivity index (χ2v) is 8.89. The maximum Gasteiger partial charge on any atom is 0.407 e. The lowest BCUT2D eigenvalue weighted by atomic mass is 9.98. The normalized spacial score (nSPS) is 16.3.